The summed E-state index contributed by atoms with van der Waals surface area (Å²) in [4.78, 5) is 64.9. The van der Waals surface area contributed by atoms with Gasteiger partial charge in [-0.3, -0.25) is 19.2 Å². The van der Waals surface area contributed by atoms with Crippen LogP contribution in [0.15, 0.2) is 0 Å². The lowest BCUT2D eigenvalue weighted by atomic mass is 10.0. The molecule has 16 nitrogen and oxygen atoms in total. The Morgan fingerprint density at radius 3 is 0.978 bits per heavy atom. The minimum atomic E-state index is -1.19. The standard InChI is InChI=1S/C30H62N10O6/c31-16-6-1-11-21(36)26(41)37-22(12-2-7-17-32)27(42)38-23(13-3-8-18-33)28(43)39-24(14-4-9-19-34)29(44)40-25(30(45)46)15-5-10-20-35/h21-25H,1-20,31-36H2,(H,37,41)(H,38,42)(H,39,43)(H,40,44)(H,45,46)/t21-,22-,23-,24-,25-/m0/s1. The highest BCUT2D eigenvalue weighted by molar-refractivity contribution is 5.95. The smallest absolute Gasteiger partial charge is 0.326 e. The lowest BCUT2D eigenvalue weighted by Crippen LogP contribution is -2.58. The highest BCUT2D eigenvalue weighted by atomic mass is 16.4. The third kappa shape index (κ3) is 19.6. The molecule has 0 aromatic carbocycles. The second-order valence-electron chi connectivity index (χ2n) is 11.6. The van der Waals surface area contributed by atoms with E-state index >= 15 is 0 Å². The van der Waals surface area contributed by atoms with E-state index in [4.69, 9.17) is 34.4 Å². The van der Waals surface area contributed by atoms with Crippen LogP contribution in [0.1, 0.15) is 96.3 Å². The molecule has 16 heteroatoms. The molecule has 0 aliphatic carbocycles. The first-order chi connectivity index (χ1) is 22.1. The highest BCUT2D eigenvalue weighted by Crippen LogP contribution is 2.09. The third-order valence-corrected chi connectivity index (χ3v) is 7.61. The van der Waals surface area contributed by atoms with Crippen LogP contribution in [0.3, 0.4) is 0 Å². The van der Waals surface area contributed by atoms with Crippen molar-refractivity contribution >= 4 is 29.6 Å². The molecule has 0 aliphatic heterocycles. The Morgan fingerprint density at radius 1 is 0.413 bits per heavy atom. The molecule has 4 amide bonds. The second kappa shape index (κ2) is 27.2. The SMILES string of the molecule is NCCCC[C@H](NC(=O)[C@H](CCCCN)NC(=O)[C@H](CCCCN)NC(=O)[C@H](CCCCN)NC(=O)[C@@H](N)CCCCN)C(=O)O. The van der Waals surface area contributed by atoms with Crippen LogP contribution in [-0.2, 0) is 24.0 Å². The number of amides is 4. The van der Waals surface area contributed by atoms with E-state index in [2.05, 4.69) is 21.3 Å². The lowest BCUT2D eigenvalue weighted by Gasteiger charge is -2.26. The van der Waals surface area contributed by atoms with Gasteiger partial charge in [-0.05, 0) is 123 Å². The van der Waals surface area contributed by atoms with E-state index in [-0.39, 0.29) is 25.7 Å². The van der Waals surface area contributed by atoms with Gasteiger partial charge in [0, 0.05) is 0 Å². The molecule has 0 radical (unpaired) electrons. The molecule has 0 spiro atoms. The van der Waals surface area contributed by atoms with Crippen LogP contribution in [0, 0.1) is 0 Å². The summed E-state index contributed by atoms with van der Waals surface area (Å²) in [5.41, 5.74) is 34.0. The van der Waals surface area contributed by atoms with E-state index in [9.17, 15) is 29.1 Å². The molecular formula is C30H62N10O6. The summed E-state index contributed by atoms with van der Waals surface area (Å²) in [5.74, 6) is -3.49. The van der Waals surface area contributed by atoms with Gasteiger partial charge in [-0.2, -0.15) is 0 Å². The minimum absolute atomic E-state index is 0.188. The van der Waals surface area contributed by atoms with E-state index in [1.54, 1.807) is 0 Å². The highest BCUT2D eigenvalue weighted by Gasteiger charge is 2.31. The molecule has 0 saturated heterocycles. The maximum Gasteiger partial charge on any atom is 0.326 e. The normalized spacial score (nSPS) is 14.4. The topological polar surface area (TPSA) is 310 Å². The minimum Gasteiger partial charge on any atom is -0.480 e. The molecular weight excluding hydrogens is 596 g/mol. The fourth-order valence-corrected chi connectivity index (χ4v) is 4.77. The summed E-state index contributed by atoms with van der Waals surface area (Å²) >= 11 is 0. The Hall–Kier alpha value is -2.89. The summed E-state index contributed by atoms with van der Waals surface area (Å²) in [6.07, 6.45) is 7.21. The van der Waals surface area contributed by atoms with Crippen molar-refractivity contribution < 1.29 is 29.1 Å². The van der Waals surface area contributed by atoms with Crippen molar-refractivity contribution in [1.29, 1.82) is 0 Å². The van der Waals surface area contributed by atoms with E-state index in [1.165, 1.54) is 0 Å². The molecule has 0 heterocycles. The lowest BCUT2D eigenvalue weighted by molar-refractivity contribution is -0.142. The monoisotopic (exact) mass is 658 g/mol. The summed E-state index contributed by atoms with van der Waals surface area (Å²) in [6.45, 7) is 2.05. The van der Waals surface area contributed by atoms with Crippen molar-refractivity contribution in [3.05, 3.63) is 0 Å². The number of unbranched alkanes of at least 4 members (excludes halogenated alkanes) is 5. The van der Waals surface area contributed by atoms with Crippen molar-refractivity contribution in [3.63, 3.8) is 0 Å². The van der Waals surface area contributed by atoms with Gasteiger partial charge in [0.1, 0.15) is 24.2 Å². The molecule has 0 aromatic rings. The van der Waals surface area contributed by atoms with Gasteiger partial charge in [0.15, 0.2) is 0 Å². The number of carbonyl (C=O) groups is 5. The van der Waals surface area contributed by atoms with Gasteiger partial charge in [-0.25, -0.2) is 4.79 Å². The van der Waals surface area contributed by atoms with E-state index in [0.29, 0.717) is 96.9 Å². The van der Waals surface area contributed by atoms with Crippen LogP contribution in [0.25, 0.3) is 0 Å². The molecule has 0 saturated carbocycles. The van der Waals surface area contributed by atoms with E-state index in [1.807, 2.05) is 0 Å². The van der Waals surface area contributed by atoms with Gasteiger partial charge < -0.3 is 60.8 Å². The number of nitrogens with one attached hydrogen (secondary N) is 4. The number of hydrogen-bond donors (Lipinski definition) is 11. The zero-order chi connectivity index (χ0) is 34.7. The fraction of sp³-hybridized carbons (Fsp3) is 0.833. The molecule has 0 aliphatic rings. The van der Waals surface area contributed by atoms with Gasteiger partial charge in [0.2, 0.25) is 23.6 Å². The van der Waals surface area contributed by atoms with Crippen LogP contribution in [0.2, 0.25) is 0 Å². The zero-order valence-corrected chi connectivity index (χ0v) is 27.5. The number of carboxylic acid groups (broad SMARTS) is 1. The number of nitrogens with two attached hydrogens (primary N) is 6. The molecule has 0 fully saturated rings. The molecule has 46 heavy (non-hydrogen) atoms. The molecule has 0 rings (SSSR count). The summed E-state index contributed by atoms with van der Waals surface area (Å²) in [6, 6.07) is -5.03. The Morgan fingerprint density at radius 2 is 0.674 bits per heavy atom. The Kier molecular flexibility index (Phi) is 25.5. The molecule has 0 bridgehead atoms. The van der Waals surface area contributed by atoms with E-state index in [0.717, 1.165) is 6.42 Å². The molecule has 5 atom stereocenters. The number of rotatable bonds is 29. The summed E-state index contributed by atoms with van der Waals surface area (Å²) in [7, 11) is 0. The molecule has 0 unspecified atom stereocenters. The maximum atomic E-state index is 13.6. The third-order valence-electron chi connectivity index (χ3n) is 7.61. The average Bonchev–Trinajstić information content (AvgIpc) is 3.02. The van der Waals surface area contributed by atoms with Gasteiger partial charge in [-0.15, -0.1) is 0 Å². The number of carboxylic acids is 1. The summed E-state index contributed by atoms with van der Waals surface area (Å²) < 4.78 is 0. The zero-order valence-electron chi connectivity index (χ0n) is 27.5. The molecule has 0 aromatic heterocycles. The number of carbonyl (C=O) groups excluding carboxylic acids is 4. The van der Waals surface area contributed by atoms with Crippen molar-refractivity contribution in [3.8, 4) is 0 Å². The Balaban J connectivity index is 5.87. The number of hydrogen-bond acceptors (Lipinski definition) is 11. The average molecular weight is 659 g/mol. The first kappa shape index (κ1) is 43.1. The van der Waals surface area contributed by atoms with Crippen LogP contribution in [0.5, 0.6) is 0 Å². The predicted molar refractivity (Wildman–Crippen MR) is 178 cm³/mol. The number of aliphatic carboxylic acids is 1. The fourth-order valence-electron chi connectivity index (χ4n) is 4.77. The van der Waals surface area contributed by atoms with Crippen molar-refractivity contribution in [2.45, 2.75) is 127 Å². The van der Waals surface area contributed by atoms with Crippen LogP contribution >= 0.6 is 0 Å². The van der Waals surface area contributed by atoms with Crippen molar-refractivity contribution in [1.82, 2.24) is 21.3 Å². The molecule has 17 N–H and O–H groups in total. The molecule has 268 valence electrons. The Labute approximate surface area is 273 Å². The quantitative estimate of drug-likeness (QED) is 0.0388. The van der Waals surface area contributed by atoms with Crippen molar-refractivity contribution in [2.75, 3.05) is 32.7 Å². The first-order valence-electron chi connectivity index (χ1n) is 16.8. The summed E-state index contributed by atoms with van der Waals surface area (Å²) in [5, 5.41) is 20.3. The largest absolute Gasteiger partial charge is 0.480 e. The van der Waals surface area contributed by atoms with Gasteiger partial charge in [0.05, 0.1) is 6.04 Å². The van der Waals surface area contributed by atoms with Crippen molar-refractivity contribution in [2.24, 2.45) is 34.4 Å². The van der Waals surface area contributed by atoms with Crippen LogP contribution in [0.4, 0.5) is 0 Å². The Bertz CT molecular complexity index is 881. The maximum absolute atomic E-state index is 13.6. The van der Waals surface area contributed by atoms with E-state index < -0.39 is 59.8 Å². The predicted octanol–water partition coefficient (Wildman–Crippen LogP) is -2.02. The van der Waals surface area contributed by atoms with Gasteiger partial charge >= 0.3 is 5.97 Å². The van der Waals surface area contributed by atoms with Gasteiger partial charge in [0.25, 0.3) is 0 Å². The van der Waals surface area contributed by atoms with Gasteiger partial charge in [-0.1, -0.05) is 6.42 Å². The van der Waals surface area contributed by atoms with Crippen LogP contribution < -0.4 is 55.7 Å². The second-order valence-corrected chi connectivity index (χ2v) is 11.6. The first-order valence-corrected chi connectivity index (χ1v) is 16.8. The van der Waals surface area contributed by atoms with Crippen LogP contribution in [-0.4, -0.2) is 97.6 Å².